The molecule has 0 atom stereocenters. The van der Waals surface area contributed by atoms with E-state index in [-0.39, 0.29) is 0 Å². The lowest BCUT2D eigenvalue weighted by Crippen LogP contribution is -1.97. The van der Waals surface area contributed by atoms with E-state index in [9.17, 15) is 0 Å². The van der Waals surface area contributed by atoms with Gasteiger partial charge in [-0.3, -0.25) is 0 Å². The molecule has 0 N–H and O–H groups in total. The average Bonchev–Trinajstić information content (AvgIpc) is 2.74. The SMILES string of the molecule is CCCCCCCCOc1ccc(-c2ccccc2-c2ccccc2)cc1. The van der Waals surface area contributed by atoms with E-state index in [2.05, 4.69) is 85.8 Å². The van der Waals surface area contributed by atoms with Gasteiger partial charge < -0.3 is 4.74 Å². The fourth-order valence-electron chi connectivity index (χ4n) is 3.41. The van der Waals surface area contributed by atoms with E-state index in [0.717, 1.165) is 18.8 Å². The molecule has 3 aromatic rings. The number of unbranched alkanes of at least 4 members (excludes halogenated alkanes) is 5. The Kier molecular flexibility index (Phi) is 7.53. The van der Waals surface area contributed by atoms with Gasteiger partial charge in [0.2, 0.25) is 0 Å². The van der Waals surface area contributed by atoms with Crippen molar-refractivity contribution in [3.8, 4) is 28.0 Å². The Balaban J connectivity index is 1.60. The standard InChI is InChI=1S/C26H30O/c1-2-3-4-5-6-12-21-27-24-19-17-23(18-20-24)26-16-11-10-15-25(26)22-13-8-7-9-14-22/h7-11,13-20H,2-6,12,21H2,1H3. The van der Waals surface area contributed by atoms with Crippen molar-refractivity contribution in [1.29, 1.82) is 0 Å². The predicted molar refractivity (Wildman–Crippen MR) is 116 cm³/mol. The largest absolute Gasteiger partial charge is 0.494 e. The van der Waals surface area contributed by atoms with Gasteiger partial charge in [0.15, 0.2) is 0 Å². The Hall–Kier alpha value is -2.54. The topological polar surface area (TPSA) is 9.23 Å². The highest BCUT2D eigenvalue weighted by Gasteiger charge is 2.06. The van der Waals surface area contributed by atoms with Gasteiger partial charge in [-0.1, -0.05) is 106 Å². The Bertz CT molecular complexity index is 790. The third kappa shape index (κ3) is 5.72. The first-order valence-electron chi connectivity index (χ1n) is 10.3. The van der Waals surface area contributed by atoms with Crippen LogP contribution >= 0.6 is 0 Å². The van der Waals surface area contributed by atoms with Crippen molar-refractivity contribution in [3.63, 3.8) is 0 Å². The van der Waals surface area contributed by atoms with Crippen LogP contribution in [-0.4, -0.2) is 6.61 Å². The molecule has 0 aliphatic carbocycles. The van der Waals surface area contributed by atoms with Crippen molar-refractivity contribution in [3.05, 3.63) is 78.9 Å². The zero-order chi connectivity index (χ0) is 18.7. The zero-order valence-electron chi connectivity index (χ0n) is 16.4. The van der Waals surface area contributed by atoms with Crippen LogP contribution in [0.2, 0.25) is 0 Å². The summed E-state index contributed by atoms with van der Waals surface area (Å²) in [6, 6.07) is 27.7. The molecule has 0 aliphatic rings. The summed E-state index contributed by atoms with van der Waals surface area (Å²) in [6.07, 6.45) is 7.74. The normalized spacial score (nSPS) is 10.7. The maximum atomic E-state index is 5.92. The summed E-state index contributed by atoms with van der Waals surface area (Å²) in [7, 11) is 0. The van der Waals surface area contributed by atoms with Crippen molar-refractivity contribution in [2.45, 2.75) is 45.4 Å². The van der Waals surface area contributed by atoms with E-state index in [0.29, 0.717) is 0 Å². The van der Waals surface area contributed by atoms with E-state index in [1.165, 1.54) is 54.4 Å². The van der Waals surface area contributed by atoms with Gasteiger partial charge in [-0.25, -0.2) is 0 Å². The van der Waals surface area contributed by atoms with Crippen molar-refractivity contribution in [1.82, 2.24) is 0 Å². The molecule has 27 heavy (non-hydrogen) atoms. The predicted octanol–water partition coefficient (Wildman–Crippen LogP) is 7.76. The van der Waals surface area contributed by atoms with E-state index < -0.39 is 0 Å². The minimum absolute atomic E-state index is 0.812. The minimum atomic E-state index is 0.812. The van der Waals surface area contributed by atoms with Crippen LogP contribution in [0, 0.1) is 0 Å². The molecule has 0 saturated carbocycles. The summed E-state index contributed by atoms with van der Waals surface area (Å²) in [5, 5.41) is 0. The highest BCUT2D eigenvalue weighted by atomic mass is 16.5. The first-order valence-corrected chi connectivity index (χ1v) is 10.3. The Morgan fingerprint density at radius 2 is 1.11 bits per heavy atom. The first-order chi connectivity index (χ1) is 13.4. The van der Waals surface area contributed by atoms with Gasteiger partial charge in [-0.05, 0) is 40.8 Å². The summed E-state index contributed by atoms with van der Waals surface area (Å²) < 4.78 is 5.92. The molecular weight excluding hydrogens is 328 g/mol. The Morgan fingerprint density at radius 1 is 0.556 bits per heavy atom. The molecule has 1 heteroatoms. The van der Waals surface area contributed by atoms with Crippen LogP contribution in [-0.2, 0) is 0 Å². The lowest BCUT2D eigenvalue weighted by Gasteiger charge is -2.11. The van der Waals surface area contributed by atoms with Crippen LogP contribution < -0.4 is 4.74 Å². The van der Waals surface area contributed by atoms with Gasteiger partial charge in [-0.2, -0.15) is 0 Å². The minimum Gasteiger partial charge on any atom is -0.494 e. The Morgan fingerprint density at radius 3 is 1.78 bits per heavy atom. The molecule has 0 radical (unpaired) electrons. The van der Waals surface area contributed by atoms with Crippen LogP contribution in [0.15, 0.2) is 78.9 Å². The smallest absolute Gasteiger partial charge is 0.119 e. The van der Waals surface area contributed by atoms with E-state index in [4.69, 9.17) is 4.74 Å². The van der Waals surface area contributed by atoms with E-state index in [1.807, 2.05) is 0 Å². The average molecular weight is 359 g/mol. The lowest BCUT2D eigenvalue weighted by atomic mass is 9.95. The highest BCUT2D eigenvalue weighted by molar-refractivity contribution is 5.83. The second-order valence-electron chi connectivity index (χ2n) is 7.05. The molecule has 140 valence electrons. The van der Waals surface area contributed by atoms with Gasteiger partial charge >= 0.3 is 0 Å². The second kappa shape index (κ2) is 10.6. The maximum Gasteiger partial charge on any atom is 0.119 e. The molecule has 0 unspecified atom stereocenters. The number of ether oxygens (including phenoxy) is 1. The van der Waals surface area contributed by atoms with Gasteiger partial charge in [-0.15, -0.1) is 0 Å². The van der Waals surface area contributed by atoms with Gasteiger partial charge in [0.25, 0.3) is 0 Å². The number of hydrogen-bond donors (Lipinski definition) is 0. The van der Waals surface area contributed by atoms with Gasteiger partial charge in [0.05, 0.1) is 6.61 Å². The summed E-state index contributed by atoms with van der Waals surface area (Å²) in [6.45, 7) is 3.07. The highest BCUT2D eigenvalue weighted by Crippen LogP contribution is 2.32. The van der Waals surface area contributed by atoms with Crippen LogP contribution in [0.3, 0.4) is 0 Å². The van der Waals surface area contributed by atoms with Crippen molar-refractivity contribution >= 4 is 0 Å². The molecule has 3 aromatic carbocycles. The van der Waals surface area contributed by atoms with Crippen molar-refractivity contribution in [2.24, 2.45) is 0 Å². The summed E-state index contributed by atoms with van der Waals surface area (Å²) >= 11 is 0. The molecule has 0 heterocycles. The second-order valence-corrected chi connectivity index (χ2v) is 7.05. The fraction of sp³-hybridized carbons (Fsp3) is 0.308. The third-order valence-electron chi connectivity index (χ3n) is 4.94. The zero-order valence-corrected chi connectivity index (χ0v) is 16.4. The number of hydrogen-bond acceptors (Lipinski definition) is 1. The summed E-state index contributed by atoms with van der Waals surface area (Å²) in [4.78, 5) is 0. The van der Waals surface area contributed by atoms with Crippen LogP contribution in [0.5, 0.6) is 5.75 Å². The molecule has 0 saturated heterocycles. The molecular formula is C26H30O. The third-order valence-corrected chi connectivity index (χ3v) is 4.94. The molecule has 1 nitrogen and oxygen atoms in total. The molecule has 0 fully saturated rings. The molecule has 0 bridgehead atoms. The lowest BCUT2D eigenvalue weighted by molar-refractivity contribution is 0.304. The number of benzene rings is 3. The molecule has 0 aliphatic heterocycles. The van der Waals surface area contributed by atoms with Crippen LogP contribution in [0.25, 0.3) is 22.3 Å². The van der Waals surface area contributed by atoms with E-state index >= 15 is 0 Å². The monoisotopic (exact) mass is 358 g/mol. The fourth-order valence-corrected chi connectivity index (χ4v) is 3.41. The molecule has 0 spiro atoms. The Labute approximate surface area is 164 Å². The molecule has 0 aromatic heterocycles. The molecule has 3 rings (SSSR count). The maximum absolute atomic E-state index is 5.92. The van der Waals surface area contributed by atoms with Crippen molar-refractivity contribution < 1.29 is 4.74 Å². The van der Waals surface area contributed by atoms with Crippen molar-refractivity contribution in [2.75, 3.05) is 6.61 Å². The van der Waals surface area contributed by atoms with Crippen LogP contribution in [0.1, 0.15) is 45.4 Å². The quantitative estimate of drug-likeness (QED) is 0.336. The summed E-state index contributed by atoms with van der Waals surface area (Å²) in [5.74, 6) is 0.963. The number of rotatable bonds is 10. The van der Waals surface area contributed by atoms with E-state index in [1.54, 1.807) is 0 Å². The molecule has 0 amide bonds. The van der Waals surface area contributed by atoms with Crippen LogP contribution in [0.4, 0.5) is 0 Å². The summed E-state index contributed by atoms with van der Waals surface area (Å²) in [5.41, 5.74) is 4.99. The first kappa shape index (κ1) is 19.2. The van der Waals surface area contributed by atoms with Gasteiger partial charge in [0.1, 0.15) is 5.75 Å². The van der Waals surface area contributed by atoms with Gasteiger partial charge in [0, 0.05) is 0 Å².